The fourth-order valence-corrected chi connectivity index (χ4v) is 2.37. The van der Waals surface area contributed by atoms with Crippen molar-refractivity contribution in [1.82, 2.24) is 4.98 Å². The Hall–Kier alpha value is -2.36. The molecule has 1 amide bonds. The van der Waals surface area contributed by atoms with Crippen LogP contribution in [0.25, 0.3) is 11.1 Å². The van der Waals surface area contributed by atoms with E-state index in [1.54, 1.807) is 32.0 Å². The van der Waals surface area contributed by atoms with E-state index in [4.69, 9.17) is 4.74 Å². The van der Waals surface area contributed by atoms with E-state index in [9.17, 15) is 4.79 Å². The minimum atomic E-state index is -0.862. The summed E-state index contributed by atoms with van der Waals surface area (Å²) >= 11 is 0. The molecule has 0 aliphatic carbocycles. The Morgan fingerprint density at radius 1 is 1.15 bits per heavy atom. The van der Waals surface area contributed by atoms with Crippen molar-refractivity contribution in [2.75, 3.05) is 11.9 Å². The summed E-state index contributed by atoms with van der Waals surface area (Å²) < 4.78 is 5.81. The van der Waals surface area contributed by atoms with E-state index in [1.165, 1.54) is 0 Å². The standard InChI is InChI=1S/C16H16N2O2/c1-16(2)15(19)18(3)14-13(20-16)9-12(10-17-14)11-7-5-4-6-8-11/h4-10H,1-3H3. The second kappa shape index (κ2) is 4.34. The van der Waals surface area contributed by atoms with Crippen molar-refractivity contribution in [3.63, 3.8) is 0 Å². The largest absolute Gasteiger partial charge is 0.474 e. The topological polar surface area (TPSA) is 42.4 Å². The van der Waals surface area contributed by atoms with Gasteiger partial charge in [0.05, 0.1) is 0 Å². The van der Waals surface area contributed by atoms with Crippen LogP contribution in [0.15, 0.2) is 42.6 Å². The van der Waals surface area contributed by atoms with Crippen LogP contribution in [0.2, 0.25) is 0 Å². The number of fused-ring (bicyclic) bond motifs is 1. The highest BCUT2D eigenvalue weighted by Crippen LogP contribution is 2.37. The van der Waals surface area contributed by atoms with E-state index in [0.717, 1.165) is 11.1 Å². The van der Waals surface area contributed by atoms with Crippen molar-refractivity contribution in [3.8, 4) is 16.9 Å². The quantitative estimate of drug-likeness (QED) is 0.798. The monoisotopic (exact) mass is 268 g/mol. The number of rotatable bonds is 1. The summed E-state index contributed by atoms with van der Waals surface area (Å²) in [6, 6.07) is 11.9. The Morgan fingerprint density at radius 3 is 2.55 bits per heavy atom. The van der Waals surface area contributed by atoms with Crippen LogP contribution in [0.4, 0.5) is 5.82 Å². The third-order valence-electron chi connectivity index (χ3n) is 3.44. The van der Waals surface area contributed by atoms with Crippen molar-refractivity contribution in [3.05, 3.63) is 42.6 Å². The number of benzene rings is 1. The molecule has 4 heteroatoms. The first-order valence-corrected chi connectivity index (χ1v) is 6.52. The van der Waals surface area contributed by atoms with Crippen LogP contribution in [0.3, 0.4) is 0 Å². The number of amides is 1. The molecule has 4 nitrogen and oxygen atoms in total. The highest BCUT2D eigenvalue weighted by atomic mass is 16.5. The predicted molar refractivity (Wildman–Crippen MR) is 77.8 cm³/mol. The minimum Gasteiger partial charge on any atom is -0.474 e. The predicted octanol–water partition coefficient (Wildman–Crippen LogP) is 2.88. The molecule has 2 heterocycles. The summed E-state index contributed by atoms with van der Waals surface area (Å²) in [6.45, 7) is 3.54. The highest BCUT2D eigenvalue weighted by molar-refractivity contribution is 6.01. The molecule has 1 aliphatic rings. The van der Waals surface area contributed by atoms with E-state index < -0.39 is 5.60 Å². The third kappa shape index (κ3) is 1.93. The van der Waals surface area contributed by atoms with E-state index >= 15 is 0 Å². The van der Waals surface area contributed by atoms with Gasteiger partial charge in [-0.15, -0.1) is 0 Å². The number of ether oxygens (including phenoxy) is 1. The van der Waals surface area contributed by atoms with E-state index in [0.29, 0.717) is 11.6 Å². The summed E-state index contributed by atoms with van der Waals surface area (Å²) in [5, 5.41) is 0. The van der Waals surface area contributed by atoms with E-state index in [-0.39, 0.29) is 5.91 Å². The van der Waals surface area contributed by atoms with Gasteiger partial charge >= 0.3 is 0 Å². The van der Waals surface area contributed by atoms with Crippen LogP contribution in [-0.2, 0) is 4.79 Å². The molecule has 0 spiro atoms. The van der Waals surface area contributed by atoms with Gasteiger partial charge in [-0.2, -0.15) is 0 Å². The van der Waals surface area contributed by atoms with Gasteiger partial charge < -0.3 is 4.74 Å². The fraction of sp³-hybridized carbons (Fsp3) is 0.250. The first-order valence-electron chi connectivity index (χ1n) is 6.52. The molecule has 0 N–H and O–H groups in total. The molecule has 0 atom stereocenters. The maximum absolute atomic E-state index is 12.1. The molecule has 0 radical (unpaired) electrons. The number of carbonyl (C=O) groups excluding carboxylic acids is 1. The summed E-state index contributed by atoms with van der Waals surface area (Å²) in [5.41, 5.74) is 1.19. The lowest BCUT2D eigenvalue weighted by atomic mass is 10.0. The number of nitrogens with zero attached hydrogens (tertiary/aromatic N) is 2. The van der Waals surface area contributed by atoms with Crippen LogP contribution in [0.1, 0.15) is 13.8 Å². The first kappa shape index (κ1) is 12.7. The molecule has 0 bridgehead atoms. The van der Waals surface area contributed by atoms with Gasteiger partial charge in [0, 0.05) is 18.8 Å². The van der Waals surface area contributed by atoms with E-state index in [1.807, 2.05) is 36.4 Å². The number of pyridine rings is 1. The number of hydrogen-bond donors (Lipinski definition) is 0. The number of hydrogen-bond acceptors (Lipinski definition) is 3. The molecule has 0 saturated carbocycles. The van der Waals surface area contributed by atoms with Gasteiger partial charge in [-0.1, -0.05) is 30.3 Å². The molecular formula is C16H16N2O2. The summed E-state index contributed by atoms with van der Waals surface area (Å²) in [4.78, 5) is 18.0. The molecule has 2 aromatic rings. The second-order valence-electron chi connectivity index (χ2n) is 5.39. The zero-order chi connectivity index (χ0) is 14.3. The van der Waals surface area contributed by atoms with Crippen LogP contribution < -0.4 is 9.64 Å². The molecular weight excluding hydrogens is 252 g/mol. The van der Waals surface area contributed by atoms with Crippen molar-refractivity contribution in [2.45, 2.75) is 19.4 Å². The Labute approximate surface area is 118 Å². The third-order valence-corrected chi connectivity index (χ3v) is 3.44. The number of aromatic nitrogens is 1. The molecule has 0 fully saturated rings. The SMILES string of the molecule is CN1C(=O)C(C)(C)Oc2cc(-c3ccccc3)cnc21. The normalized spacial score (nSPS) is 16.6. The van der Waals surface area contributed by atoms with Crippen LogP contribution in [0.5, 0.6) is 5.75 Å². The zero-order valence-electron chi connectivity index (χ0n) is 11.8. The minimum absolute atomic E-state index is 0.0926. The van der Waals surface area contributed by atoms with Crippen LogP contribution in [-0.4, -0.2) is 23.5 Å². The second-order valence-corrected chi connectivity index (χ2v) is 5.39. The molecule has 1 aliphatic heterocycles. The molecule has 1 aromatic heterocycles. The average molecular weight is 268 g/mol. The van der Waals surface area contributed by atoms with Gasteiger partial charge in [0.2, 0.25) is 0 Å². The smallest absolute Gasteiger partial charge is 0.271 e. The highest BCUT2D eigenvalue weighted by Gasteiger charge is 2.40. The molecule has 0 unspecified atom stereocenters. The van der Waals surface area contributed by atoms with Gasteiger partial charge in [-0.05, 0) is 25.5 Å². The Morgan fingerprint density at radius 2 is 1.85 bits per heavy atom. The molecule has 3 rings (SSSR count). The van der Waals surface area contributed by atoms with Crippen LogP contribution >= 0.6 is 0 Å². The van der Waals surface area contributed by atoms with Crippen molar-refractivity contribution >= 4 is 11.7 Å². The first-order chi connectivity index (χ1) is 9.49. The lowest BCUT2D eigenvalue weighted by Gasteiger charge is -2.36. The number of carbonyl (C=O) groups is 1. The summed E-state index contributed by atoms with van der Waals surface area (Å²) in [5.74, 6) is 1.11. The Kier molecular flexibility index (Phi) is 2.74. The average Bonchev–Trinajstić information content (AvgIpc) is 2.45. The van der Waals surface area contributed by atoms with Crippen LogP contribution in [0, 0.1) is 0 Å². The van der Waals surface area contributed by atoms with Crippen molar-refractivity contribution < 1.29 is 9.53 Å². The Bertz CT molecular complexity index is 665. The lowest BCUT2D eigenvalue weighted by Crippen LogP contribution is -2.51. The lowest BCUT2D eigenvalue weighted by molar-refractivity contribution is -0.132. The van der Waals surface area contributed by atoms with Crippen molar-refractivity contribution in [2.24, 2.45) is 0 Å². The molecule has 1 aromatic carbocycles. The van der Waals surface area contributed by atoms with Gasteiger partial charge in [-0.25, -0.2) is 4.98 Å². The van der Waals surface area contributed by atoms with Gasteiger partial charge in [-0.3, -0.25) is 9.69 Å². The Balaban J connectivity index is 2.08. The summed E-state index contributed by atoms with van der Waals surface area (Å²) in [7, 11) is 1.72. The van der Waals surface area contributed by atoms with E-state index in [2.05, 4.69) is 4.98 Å². The molecule has 102 valence electrons. The van der Waals surface area contributed by atoms with Gasteiger partial charge in [0.1, 0.15) is 0 Å². The molecule has 20 heavy (non-hydrogen) atoms. The zero-order valence-corrected chi connectivity index (χ0v) is 11.8. The number of likely N-dealkylation sites (N-methyl/N-ethyl adjacent to an activating group) is 1. The van der Waals surface area contributed by atoms with Gasteiger partial charge in [0.15, 0.2) is 17.2 Å². The summed E-state index contributed by atoms with van der Waals surface area (Å²) in [6.07, 6.45) is 1.76. The maximum atomic E-state index is 12.1. The van der Waals surface area contributed by atoms with Crippen molar-refractivity contribution in [1.29, 1.82) is 0 Å². The number of anilines is 1. The fourth-order valence-electron chi connectivity index (χ4n) is 2.37. The maximum Gasteiger partial charge on any atom is 0.271 e. The molecule has 0 saturated heterocycles. The van der Waals surface area contributed by atoms with Gasteiger partial charge in [0.25, 0.3) is 5.91 Å².